The molecule has 0 aliphatic carbocycles. The summed E-state index contributed by atoms with van der Waals surface area (Å²) in [6, 6.07) is 7.37. The van der Waals surface area contributed by atoms with Crippen molar-refractivity contribution in [1.29, 1.82) is 0 Å². The Morgan fingerprint density at radius 2 is 1.87 bits per heavy atom. The van der Waals surface area contributed by atoms with Gasteiger partial charge in [0.25, 0.3) is 0 Å². The molecule has 0 atom stereocenters. The van der Waals surface area contributed by atoms with Crippen LogP contribution in [0.3, 0.4) is 0 Å². The number of nitrogens with two attached hydrogens (primary N) is 1. The molecule has 84 valence electrons. The molecule has 0 radical (unpaired) electrons. The molecular formula is C11H18N2O2. The number of esters is 1. The third-order valence-corrected chi connectivity index (χ3v) is 2.01. The van der Waals surface area contributed by atoms with Gasteiger partial charge in [-0.2, -0.15) is 0 Å². The lowest BCUT2D eigenvalue weighted by molar-refractivity contribution is -0.154. The van der Waals surface area contributed by atoms with E-state index in [4.69, 9.17) is 10.5 Å². The summed E-state index contributed by atoms with van der Waals surface area (Å²) >= 11 is 0. The van der Waals surface area contributed by atoms with Crippen LogP contribution in [0.4, 0.5) is 5.69 Å². The van der Waals surface area contributed by atoms with Crippen molar-refractivity contribution in [1.82, 2.24) is 6.15 Å². The first-order chi connectivity index (χ1) is 6.43. The minimum Gasteiger partial charge on any atom is -0.455 e. The molecule has 0 heterocycles. The Hall–Kier alpha value is -1.55. The van der Waals surface area contributed by atoms with Gasteiger partial charge in [0.15, 0.2) is 0 Å². The van der Waals surface area contributed by atoms with Crippen LogP contribution < -0.4 is 11.9 Å². The summed E-state index contributed by atoms with van der Waals surface area (Å²) < 4.78 is 5.19. The van der Waals surface area contributed by atoms with Crippen molar-refractivity contribution in [3.05, 3.63) is 29.8 Å². The maximum absolute atomic E-state index is 10.9. The Bertz CT molecular complexity index is 348. The SMILES string of the molecule is CC(=O)OC(C)(C)c1ccccc1N.N. The fourth-order valence-corrected chi connectivity index (χ4v) is 1.46. The average molecular weight is 210 g/mol. The van der Waals surface area contributed by atoms with Crippen LogP contribution in [0.25, 0.3) is 0 Å². The lowest BCUT2D eigenvalue weighted by Gasteiger charge is -2.26. The van der Waals surface area contributed by atoms with E-state index in [2.05, 4.69) is 0 Å². The number of hydrogen-bond donors (Lipinski definition) is 2. The minimum atomic E-state index is -0.669. The third kappa shape index (κ3) is 3.25. The average Bonchev–Trinajstić information content (AvgIpc) is 2.02. The molecule has 0 aliphatic rings. The number of hydrogen-bond acceptors (Lipinski definition) is 4. The van der Waals surface area contributed by atoms with Gasteiger partial charge in [0, 0.05) is 18.2 Å². The van der Waals surface area contributed by atoms with E-state index in [1.54, 1.807) is 6.07 Å². The van der Waals surface area contributed by atoms with Gasteiger partial charge in [0.05, 0.1) is 0 Å². The van der Waals surface area contributed by atoms with Crippen molar-refractivity contribution >= 4 is 11.7 Å². The van der Waals surface area contributed by atoms with Gasteiger partial charge in [-0.3, -0.25) is 4.79 Å². The van der Waals surface area contributed by atoms with Gasteiger partial charge in [-0.1, -0.05) is 18.2 Å². The van der Waals surface area contributed by atoms with Gasteiger partial charge in [-0.25, -0.2) is 0 Å². The van der Waals surface area contributed by atoms with Crippen LogP contribution in [0.5, 0.6) is 0 Å². The number of para-hydroxylation sites is 1. The van der Waals surface area contributed by atoms with Crippen molar-refractivity contribution in [2.24, 2.45) is 0 Å². The first-order valence-corrected chi connectivity index (χ1v) is 4.48. The van der Waals surface area contributed by atoms with E-state index in [9.17, 15) is 4.79 Å². The van der Waals surface area contributed by atoms with Gasteiger partial charge in [0.1, 0.15) is 5.60 Å². The lowest BCUT2D eigenvalue weighted by atomic mass is 9.96. The summed E-state index contributed by atoms with van der Waals surface area (Å²) in [7, 11) is 0. The van der Waals surface area contributed by atoms with Gasteiger partial charge in [0.2, 0.25) is 0 Å². The van der Waals surface area contributed by atoms with Crippen molar-refractivity contribution < 1.29 is 9.53 Å². The molecule has 0 aromatic heterocycles. The molecule has 1 rings (SSSR count). The van der Waals surface area contributed by atoms with E-state index < -0.39 is 5.60 Å². The monoisotopic (exact) mass is 210 g/mol. The molecule has 1 aromatic carbocycles. The normalized spacial score (nSPS) is 10.3. The topological polar surface area (TPSA) is 87.3 Å². The summed E-state index contributed by atoms with van der Waals surface area (Å²) in [6.07, 6.45) is 0. The van der Waals surface area contributed by atoms with E-state index in [0.717, 1.165) is 5.56 Å². The number of anilines is 1. The maximum atomic E-state index is 10.9. The summed E-state index contributed by atoms with van der Waals surface area (Å²) in [5, 5.41) is 0. The number of rotatable bonds is 2. The van der Waals surface area contributed by atoms with Crippen LogP contribution in [0.2, 0.25) is 0 Å². The minimum absolute atomic E-state index is 0. The van der Waals surface area contributed by atoms with Crippen LogP contribution in [-0.4, -0.2) is 5.97 Å². The molecule has 4 nitrogen and oxygen atoms in total. The number of benzene rings is 1. The first kappa shape index (κ1) is 13.4. The Labute approximate surface area is 90.0 Å². The molecule has 0 aliphatic heterocycles. The second-order valence-corrected chi connectivity index (χ2v) is 3.69. The van der Waals surface area contributed by atoms with E-state index in [-0.39, 0.29) is 12.1 Å². The van der Waals surface area contributed by atoms with E-state index in [1.807, 2.05) is 32.0 Å². The molecule has 1 aromatic rings. The fourth-order valence-electron chi connectivity index (χ4n) is 1.46. The molecule has 0 amide bonds. The second kappa shape index (κ2) is 4.79. The van der Waals surface area contributed by atoms with Gasteiger partial charge >= 0.3 is 5.97 Å². The van der Waals surface area contributed by atoms with E-state index in [1.165, 1.54) is 6.92 Å². The summed E-state index contributed by atoms with van der Waals surface area (Å²) in [5.41, 5.74) is 6.59. The number of carbonyl (C=O) groups is 1. The Morgan fingerprint density at radius 1 is 1.33 bits per heavy atom. The van der Waals surface area contributed by atoms with Crippen LogP contribution in [-0.2, 0) is 15.1 Å². The molecule has 0 saturated heterocycles. The molecular weight excluding hydrogens is 192 g/mol. The van der Waals surface area contributed by atoms with Gasteiger partial charge in [-0.05, 0) is 19.9 Å². The highest BCUT2D eigenvalue weighted by Crippen LogP contribution is 2.29. The summed E-state index contributed by atoms with van der Waals surface area (Å²) in [5.74, 6) is -0.307. The third-order valence-electron chi connectivity index (χ3n) is 2.01. The van der Waals surface area contributed by atoms with Crippen LogP contribution >= 0.6 is 0 Å². The molecule has 0 unspecified atom stereocenters. The largest absolute Gasteiger partial charge is 0.455 e. The summed E-state index contributed by atoms with van der Waals surface area (Å²) in [4.78, 5) is 10.9. The zero-order chi connectivity index (χ0) is 10.8. The van der Waals surface area contributed by atoms with Crippen LogP contribution in [0.1, 0.15) is 26.3 Å². The van der Waals surface area contributed by atoms with Gasteiger partial charge in [-0.15, -0.1) is 0 Å². The van der Waals surface area contributed by atoms with Gasteiger partial charge < -0.3 is 16.6 Å². The van der Waals surface area contributed by atoms with Crippen LogP contribution in [0.15, 0.2) is 24.3 Å². The molecule has 5 N–H and O–H groups in total. The predicted molar refractivity (Wildman–Crippen MR) is 60.7 cm³/mol. The molecule has 0 bridgehead atoms. The highest BCUT2D eigenvalue weighted by Gasteiger charge is 2.25. The smallest absolute Gasteiger partial charge is 0.303 e. The Kier molecular flexibility index (Phi) is 4.30. The highest BCUT2D eigenvalue weighted by molar-refractivity contribution is 5.67. The fraction of sp³-hybridized carbons (Fsp3) is 0.364. The number of nitrogen functional groups attached to an aromatic ring is 1. The summed E-state index contributed by atoms with van der Waals surface area (Å²) in [6.45, 7) is 5.03. The van der Waals surface area contributed by atoms with Crippen molar-refractivity contribution in [3.63, 3.8) is 0 Å². The zero-order valence-electron chi connectivity index (χ0n) is 9.41. The maximum Gasteiger partial charge on any atom is 0.303 e. The lowest BCUT2D eigenvalue weighted by Crippen LogP contribution is -2.25. The first-order valence-electron chi connectivity index (χ1n) is 4.48. The Morgan fingerprint density at radius 3 is 2.33 bits per heavy atom. The number of carbonyl (C=O) groups excluding carboxylic acids is 1. The molecule has 15 heavy (non-hydrogen) atoms. The molecule has 4 heteroatoms. The van der Waals surface area contributed by atoms with E-state index in [0.29, 0.717) is 5.69 Å². The van der Waals surface area contributed by atoms with Crippen molar-refractivity contribution in [2.75, 3.05) is 5.73 Å². The van der Waals surface area contributed by atoms with E-state index >= 15 is 0 Å². The van der Waals surface area contributed by atoms with Crippen molar-refractivity contribution in [2.45, 2.75) is 26.4 Å². The predicted octanol–water partition coefficient (Wildman–Crippen LogP) is 2.23. The standard InChI is InChI=1S/C11H15NO2.H3N/c1-8(13)14-11(2,3)9-6-4-5-7-10(9)12;/h4-7H,12H2,1-3H3;1H3. The molecule has 0 saturated carbocycles. The second-order valence-electron chi connectivity index (χ2n) is 3.69. The van der Waals surface area contributed by atoms with Crippen LogP contribution in [0, 0.1) is 0 Å². The highest BCUT2D eigenvalue weighted by atomic mass is 16.6. The molecule has 0 spiro atoms. The number of ether oxygens (including phenoxy) is 1. The molecule has 0 fully saturated rings. The quantitative estimate of drug-likeness (QED) is 0.578. The Balaban J connectivity index is 0.00000196. The van der Waals surface area contributed by atoms with Crippen molar-refractivity contribution in [3.8, 4) is 0 Å². The zero-order valence-corrected chi connectivity index (χ0v) is 9.41.